The van der Waals surface area contributed by atoms with Crippen LogP contribution in [0.25, 0.3) is 32.9 Å². The molecule has 0 radical (unpaired) electrons. The molecule has 2 aromatic carbocycles. The van der Waals surface area contributed by atoms with Gasteiger partial charge in [-0.3, -0.25) is 9.78 Å². The van der Waals surface area contributed by atoms with Gasteiger partial charge in [-0.15, -0.1) is 0 Å². The van der Waals surface area contributed by atoms with Crippen LogP contribution in [0.3, 0.4) is 0 Å². The molecular weight excluding hydrogens is 438 g/mol. The minimum atomic E-state index is -0.722. The molecule has 6 nitrogen and oxygen atoms in total. The molecule has 0 bridgehead atoms. The Morgan fingerprint density at radius 1 is 1.17 bits per heavy atom. The fourth-order valence-electron chi connectivity index (χ4n) is 4.99. The summed E-state index contributed by atoms with van der Waals surface area (Å²) in [4.78, 5) is 22.7. The lowest BCUT2D eigenvalue weighted by molar-refractivity contribution is -0.138. The van der Waals surface area contributed by atoms with Crippen LogP contribution >= 0.6 is 0 Å². The predicted molar refractivity (Wildman–Crippen MR) is 140 cm³/mol. The molecule has 0 unspecified atom stereocenters. The normalized spacial score (nSPS) is 14.1. The van der Waals surface area contributed by atoms with Gasteiger partial charge in [0.15, 0.2) is 5.78 Å². The number of ketones is 1. The van der Waals surface area contributed by atoms with Crippen LogP contribution in [0.1, 0.15) is 50.5 Å². The molecule has 0 saturated heterocycles. The van der Waals surface area contributed by atoms with Crippen LogP contribution in [-0.4, -0.2) is 35.0 Å². The molecule has 0 spiro atoms. The summed E-state index contributed by atoms with van der Waals surface area (Å²) >= 11 is 0. The number of aromatic nitrogens is 2. The largest absolute Gasteiger partial charge is 0.493 e. The number of hydrogen-bond acceptors (Lipinski definition) is 6. The Morgan fingerprint density at radius 2 is 1.97 bits per heavy atom. The summed E-state index contributed by atoms with van der Waals surface area (Å²) in [7, 11) is 1.86. The Balaban J connectivity index is 1.91. The molecule has 0 saturated carbocycles. The first-order chi connectivity index (χ1) is 16.7. The Labute approximate surface area is 205 Å². The maximum Gasteiger partial charge on any atom is 0.163 e. The van der Waals surface area contributed by atoms with E-state index < -0.39 is 11.7 Å². The van der Waals surface area contributed by atoms with Crippen molar-refractivity contribution in [3.8, 4) is 16.9 Å². The first-order valence-corrected chi connectivity index (χ1v) is 12.0. The SMILES string of the molecule is CNc1ccc2c(-c3ccc4c5c(ccnc35)CCO4)c([C@H](OC(C)(C)C)C(C)=O)c(C)cc2n1. The molecule has 2 aromatic heterocycles. The fourth-order valence-corrected chi connectivity index (χ4v) is 4.99. The smallest absolute Gasteiger partial charge is 0.163 e. The summed E-state index contributed by atoms with van der Waals surface area (Å²) in [5, 5.41) is 5.11. The highest BCUT2D eigenvalue weighted by Gasteiger charge is 2.31. The summed E-state index contributed by atoms with van der Waals surface area (Å²) in [5.74, 6) is 1.59. The zero-order chi connectivity index (χ0) is 24.9. The van der Waals surface area contributed by atoms with Crippen LogP contribution in [0, 0.1) is 6.92 Å². The van der Waals surface area contributed by atoms with Gasteiger partial charge in [-0.1, -0.05) is 0 Å². The third-order valence-corrected chi connectivity index (χ3v) is 6.44. The van der Waals surface area contributed by atoms with Gasteiger partial charge in [0.2, 0.25) is 0 Å². The molecule has 1 aliphatic rings. The van der Waals surface area contributed by atoms with E-state index in [-0.39, 0.29) is 5.78 Å². The predicted octanol–water partition coefficient (Wildman–Crippen LogP) is 6.18. The number of Topliss-reactive ketones (excluding diaryl/α,β-unsaturated/α-hetero) is 1. The Kier molecular flexibility index (Phi) is 5.72. The van der Waals surface area contributed by atoms with E-state index in [9.17, 15) is 4.79 Å². The highest BCUT2D eigenvalue weighted by Crippen LogP contribution is 2.45. The first-order valence-electron chi connectivity index (χ1n) is 12.0. The maximum absolute atomic E-state index is 13.0. The summed E-state index contributed by atoms with van der Waals surface area (Å²) in [6.45, 7) is 10.2. The Morgan fingerprint density at radius 3 is 2.69 bits per heavy atom. The molecule has 4 aromatic rings. The number of carbonyl (C=O) groups excluding carboxylic acids is 1. The summed E-state index contributed by atoms with van der Waals surface area (Å²) in [6.07, 6.45) is 1.98. The van der Waals surface area contributed by atoms with Crippen molar-refractivity contribution < 1.29 is 14.3 Å². The number of ether oxygens (including phenoxy) is 2. The van der Waals surface area contributed by atoms with Crippen molar-refractivity contribution in [3.05, 3.63) is 59.3 Å². The second kappa shape index (κ2) is 8.61. The number of pyridine rings is 2. The number of aryl methyl sites for hydroxylation is 1. The quantitative estimate of drug-likeness (QED) is 0.376. The van der Waals surface area contributed by atoms with E-state index in [0.717, 1.165) is 62.0 Å². The standard InChI is InChI=1S/C29H31N3O3/c1-16-15-21-19(8-10-23(30-6)32-21)26(24(16)28(17(2)33)35-29(3,4)5)20-7-9-22-25-18(12-14-34-22)11-13-31-27(20)25/h7-11,13,15,28H,12,14H2,1-6H3,(H,30,32)/t28-/m1/s1. The number of fused-ring (bicyclic) bond motifs is 1. The topological polar surface area (TPSA) is 73.3 Å². The maximum atomic E-state index is 13.0. The second-order valence-corrected chi connectivity index (χ2v) is 10.1. The van der Waals surface area contributed by atoms with E-state index in [1.807, 2.05) is 59.1 Å². The van der Waals surface area contributed by atoms with E-state index in [1.165, 1.54) is 5.56 Å². The van der Waals surface area contributed by atoms with E-state index >= 15 is 0 Å². The van der Waals surface area contributed by atoms with E-state index in [0.29, 0.717) is 6.61 Å². The van der Waals surface area contributed by atoms with Crippen LogP contribution in [0.15, 0.2) is 42.6 Å². The lowest BCUT2D eigenvalue weighted by atomic mass is 9.85. The van der Waals surface area contributed by atoms with Gasteiger partial charge in [-0.25, -0.2) is 4.98 Å². The molecule has 1 atom stereocenters. The van der Waals surface area contributed by atoms with Gasteiger partial charge >= 0.3 is 0 Å². The van der Waals surface area contributed by atoms with Gasteiger partial charge in [0.25, 0.3) is 0 Å². The number of carbonyl (C=O) groups is 1. The number of nitrogens with zero attached hydrogens (tertiary/aromatic N) is 2. The number of hydrogen-bond donors (Lipinski definition) is 1. The molecule has 0 fully saturated rings. The van der Waals surface area contributed by atoms with Crippen molar-refractivity contribution in [2.24, 2.45) is 0 Å². The molecule has 1 N–H and O–H groups in total. The highest BCUT2D eigenvalue weighted by atomic mass is 16.5. The van der Waals surface area contributed by atoms with Gasteiger partial charge in [-0.2, -0.15) is 0 Å². The average Bonchev–Trinajstić information content (AvgIpc) is 2.82. The molecule has 5 rings (SSSR count). The zero-order valence-corrected chi connectivity index (χ0v) is 21.2. The minimum absolute atomic E-state index is 0.0394. The van der Waals surface area contributed by atoms with Gasteiger partial charge in [0.1, 0.15) is 17.7 Å². The van der Waals surface area contributed by atoms with Crippen molar-refractivity contribution >= 4 is 33.4 Å². The van der Waals surface area contributed by atoms with Crippen LogP contribution in [0.2, 0.25) is 0 Å². The monoisotopic (exact) mass is 469 g/mol. The van der Waals surface area contributed by atoms with Gasteiger partial charge < -0.3 is 14.8 Å². The summed E-state index contributed by atoms with van der Waals surface area (Å²) in [6, 6.07) is 12.2. The minimum Gasteiger partial charge on any atom is -0.493 e. The molecular formula is C29H31N3O3. The van der Waals surface area contributed by atoms with Crippen molar-refractivity contribution in [2.45, 2.75) is 52.7 Å². The first kappa shape index (κ1) is 23.2. The van der Waals surface area contributed by atoms with Crippen LogP contribution in [0.4, 0.5) is 5.82 Å². The summed E-state index contributed by atoms with van der Waals surface area (Å²) in [5.41, 5.74) is 6.12. The number of anilines is 1. The van der Waals surface area contributed by atoms with Crippen molar-refractivity contribution in [3.63, 3.8) is 0 Å². The van der Waals surface area contributed by atoms with Crippen LogP contribution in [-0.2, 0) is 16.0 Å². The van der Waals surface area contributed by atoms with Crippen molar-refractivity contribution in [1.29, 1.82) is 0 Å². The molecule has 0 amide bonds. The van der Waals surface area contributed by atoms with E-state index in [2.05, 4.69) is 23.5 Å². The third kappa shape index (κ3) is 4.12. The highest BCUT2D eigenvalue weighted by molar-refractivity contribution is 6.08. The molecule has 35 heavy (non-hydrogen) atoms. The van der Waals surface area contributed by atoms with Gasteiger partial charge in [-0.05, 0) is 93.3 Å². The summed E-state index contributed by atoms with van der Waals surface area (Å²) < 4.78 is 12.4. The van der Waals surface area contributed by atoms with Crippen molar-refractivity contribution in [2.75, 3.05) is 19.0 Å². The molecule has 1 aliphatic heterocycles. The van der Waals surface area contributed by atoms with Crippen molar-refractivity contribution in [1.82, 2.24) is 9.97 Å². The zero-order valence-electron chi connectivity index (χ0n) is 21.2. The second-order valence-electron chi connectivity index (χ2n) is 10.1. The van der Waals surface area contributed by atoms with E-state index in [4.69, 9.17) is 19.4 Å². The number of rotatable bonds is 5. The lowest BCUT2D eigenvalue weighted by Gasteiger charge is -2.30. The third-order valence-electron chi connectivity index (χ3n) is 6.44. The Hall–Kier alpha value is -3.51. The van der Waals surface area contributed by atoms with E-state index in [1.54, 1.807) is 6.92 Å². The van der Waals surface area contributed by atoms with Gasteiger partial charge in [0.05, 0.1) is 23.2 Å². The van der Waals surface area contributed by atoms with Crippen LogP contribution in [0.5, 0.6) is 5.75 Å². The fraction of sp³-hybridized carbons (Fsp3) is 0.345. The molecule has 0 aliphatic carbocycles. The van der Waals surface area contributed by atoms with Crippen LogP contribution < -0.4 is 10.1 Å². The average molecular weight is 470 g/mol. The number of benzene rings is 2. The molecule has 180 valence electrons. The number of nitrogens with one attached hydrogen (secondary N) is 1. The Bertz CT molecular complexity index is 1460. The van der Waals surface area contributed by atoms with Gasteiger partial charge in [0, 0.05) is 36.0 Å². The molecule has 6 heteroatoms. The molecule has 3 heterocycles. The lowest BCUT2D eigenvalue weighted by Crippen LogP contribution is -2.27.